The summed E-state index contributed by atoms with van der Waals surface area (Å²) in [7, 11) is 1.42. The van der Waals surface area contributed by atoms with E-state index in [2.05, 4.69) is 0 Å². The molecule has 40 heavy (non-hydrogen) atoms. The van der Waals surface area contributed by atoms with Gasteiger partial charge in [-0.15, -0.1) is 0 Å². The van der Waals surface area contributed by atoms with Crippen LogP contribution in [0.5, 0.6) is 11.5 Å². The van der Waals surface area contributed by atoms with Crippen molar-refractivity contribution in [2.75, 3.05) is 26.9 Å². The second-order valence-electron chi connectivity index (χ2n) is 10.6. The van der Waals surface area contributed by atoms with Gasteiger partial charge in [-0.3, -0.25) is 4.79 Å². The van der Waals surface area contributed by atoms with Gasteiger partial charge in [-0.2, -0.15) is 0 Å². The van der Waals surface area contributed by atoms with E-state index in [1.807, 2.05) is 0 Å². The van der Waals surface area contributed by atoms with Crippen molar-refractivity contribution in [1.29, 1.82) is 0 Å². The van der Waals surface area contributed by atoms with Crippen LogP contribution in [-0.2, 0) is 20.7 Å². The summed E-state index contributed by atoms with van der Waals surface area (Å²) in [4.78, 5) is 12.2. The number of furan rings is 1. The molecule has 2 fully saturated rings. The molecule has 2 bridgehead atoms. The summed E-state index contributed by atoms with van der Waals surface area (Å²) in [6.45, 7) is 0.957. The Hall–Kier alpha value is -2.93. The van der Waals surface area contributed by atoms with Gasteiger partial charge in [0.05, 0.1) is 26.6 Å². The Morgan fingerprint density at radius 3 is 2.70 bits per heavy atom. The maximum atomic E-state index is 12.5. The van der Waals surface area contributed by atoms with Gasteiger partial charge in [0.15, 0.2) is 16.9 Å². The molecule has 2 aliphatic carbocycles. The first-order chi connectivity index (χ1) is 19.2. The largest absolute Gasteiger partial charge is 0.490 e. The number of carbonyl (C=O) groups is 1. The van der Waals surface area contributed by atoms with Crippen molar-refractivity contribution in [1.82, 2.24) is 0 Å². The molecule has 1 aliphatic heterocycles. The van der Waals surface area contributed by atoms with Crippen LogP contribution < -0.4 is 9.47 Å². The van der Waals surface area contributed by atoms with Crippen LogP contribution in [0.4, 0.5) is 0 Å². The third-order valence-corrected chi connectivity index (χ3v) is 8.65. The molecule has 5 rings (SSSR count). The fourth-order valence-electron chi connectivity index (χ4n) is 6.70. The zero-order valence-corrected chi connectivity index (χ0v) is 22.5. The molecule has 11 heteroatoms. The number of esters is 1. The van der Waals surface area contributed by atoms with Gasteiger partial charge in [0.25, 0.3) is 0 Å². The zero-order chi connectivity index (χ0) is 28.7. The fourth-order valence-corrected chi connectivity index (χ4v) is 6.70. The molecule has 3 aliphatic rings. The van der Waals surface area contributed by atoms with Crippen LogP contribution in [0.1, 0.15) is 31.7 Å². The van der Waals surface area contributed by atoms with Crippen LogP contribution in [-0.4, -0.2) is 88.1 Å². The number of hydrogen-bond donors (Lipinski definition) is 5. The third-order valence-electron chi connectivity index (χ3n) is 8.65. The number of ether oxygens (including phenoxy) is 4. The Morgan fingerprint density at radius 2 is 2.00 bits per heavy atom. The second kappa shape index (κ2) is 10.8. The molecule has 11 nitrogen and oxygen atoms in total. The molecule has 0 amide bonds. The number of benzene rings is 1. The van der Waals surface area contributed by atoms with Crippen molar-refractivity contribution < 1.29 is 53.7 Å². The Balaban J connectivity index is 1.65. The molecule has 0 spiro atoms. The van der Waals surface area contributed by atoms with E-state index in [1.54, 1.807) is 43.4 Å². The maximum absolute atomic E-state index is 12.5. The molecular weight excluding hydrogens is 524 g/mol. The van der Waals surface area contributed by atoms with Gasteiger partial charge >= 0.3 is 5.97 Å². The van der Waals surface area contributed by atoms with Gasteiger partial charge in [0.1, 0.15) is 17.8 Å². The Kier molecular flexibility index (Phi) is 7.73. The summed E-state index contributed by atoms with van der Waals surface area (Å²) < 4.78 is 28.9. The Bertz CT molecular complexity index is 1300. The average Bonchev–Trinajstić information content (AvgIpc) is 3.41. The molecule has 0 unspecified atom stereocenters. The van der Waals surface area contributed by atoms with E-state index in [9.17, 15) is 30.3 Å². The highest BCUT2D eigenvalue weighted by molar-refractivity contribution is 5.87. The summed E-state index contributed by atoms with van der Waals surface area (Å²) in [6.07, 6.45) is 3.88. The van der Waals surface area contributed by atoms with Crippen molar-refractivity contribution in [2.24, 2.45) is 11.3 Å². The smallest absolute Gasteiger partial charge is 0.306 e. The Labute approximate surface area is 231 Å². The lowest BCUT2D eigenvalue weighted by atomic mass is 9.48. The lowest BCUT2D eigenvalue weighted by molar-refractivity contribution is -0.398. The number of aliphatic hydroxyl groups is 5. The van der Waals surface area contributed by atoms with Crippen molar-refractivity contribution in [3.05, 3.63) is 48.3 Å². The summed E-state index contributed by atoms with van der Waals surface area (Å²) in [6, 6.07) is 3.49. The van der Waals surface area contributed by atoms with Crippen molar-refractivity contribution >= 4 is 16.9 Å². The first kappa shape index (κ1) is 28.6. The molecule has 2 heterocycles. The van der Waals surface area contributed by atoms with Crippen LogP contribution >= 0.6 is 0 Å². The minimum Gasteiger partial charge on any atom is -0.490 e. The van der Waals surface area contributed by atoms with E-state index in [0.29, 0.717) is 16.5 Å². The van der Waals surface area contributed by atoms with Gasteiger partial charge in [-0.05, 0) is 49.8 Å². The van der Waals surface area contributed by atoms with Crippen molar-refractivity contribution in [2.45, 2.75) is 62.3 Å². The molecule has 1 aromatic heterocycles. The van der Waals surface area contributed by atoms with E-state index >= 15 is 0 Å². The number of carbonyl (C=O) groups excluding carboxylic acids is 1. The lowest BCUT2D eigenvalue weighted by Gasteiger charge is -2.66. The highest BCUT2D eigenvalue weighted by Gasteiger charge is 2.75. The fraction of sp³-hybridized carbons (Fsp3) is 0.552. The van der Waals surface area contributed by atoms with Gasteiger partial charge in [-0.25, -0.2) is 0 Å². The molecular formula is C29H36O11. The molecule has 2 aromatic rings. The Morgan fingerprint density at radius 1 is 1.20 bits per heavy atom. The third kappa shape index (κ3) is 4.15. The van der Waals surface area contributed by atoms with Gasteiger partial charge in [-0.1, -0.05) is 24.3 Å². The van der Waals surface area contributed by atoms with Gasteiger partial charge in [0.2, 0.25) is 12.0 Å². The van der Waals surface area contributed by atoms with Gasteiger partial charge < -0.3 is 48.9 Å². The van der Waals surface area contributed by atoms with Crippen LogP contribution in [0.15, 0.2) is 47.1 Å². The molecule has 1 saturated carbocycles. The molecule has 1 aromatic carbocycles. The predicted octanol–water partition coefficient (Wildman–Crippen LogP) is 1.37. The number of methoxy groups -OCH3 is 1. The average molecular weight is 561 g/mol. The van der Waals surface area contributed by atoms with E-state index in [0.717, 1.165) is 0 Å². The van der Waals surface area contributed by atoms with Gasteiger partial charge in [0, 0.05) is 23.8 Å². The first-order valence-corrected chi connectivity index (χ1v) is 13.5. The molecule has 7 atom stereocenters. The standard InChI is InChI=1S/C29H36O11/c1-3-37-21(32)8-7-17-14-18-9-13-38-22(18)24(36-2)23(17)40-26-29(35)25(33)28(34,20(16-31)39-26)15-19-6-4-5-10-27(19,29)11-12-30/h4-6,9-10,13-14,19-20,25-26,30-31,33-35H,3,7-8,11-12,15-16H2,1-2H3/t19-,20+,25-,26-,27-,28+,29+/m0/s1. The van der Waals surface area contributed by atoms with E-state index in [-0.39, 0.29) is 50.4 Å². The normalized spacial score (nSPS) is 34.5. The van der Waals surface area contributed by atoms with Crippen LogP contribution in [0, 0.1) is 11.3 Å². The number of rotatable bonds is 10. The number of fused-ring (bicyclic) bond motifs is 5. The monoisotopic (exact) mass is 560 g/mol. The summed E-state index contributed by atoms with van der Waals surface area (Å²) in [5.74, 6) is -0.667. The van der Waals surface area contributed by atoms with E-state index < -0.39 is 53.6 Å². The topological polar surface area (TPSA) is 168 Å². The predicted molar refractivity (Wildman–Crippen MR) is 141 cm³/mol. The SMILES string of the molecule is CCOC(=O)CCc1cc2ccoc2c(OC)c1O[C@@H]1O[C@H](CO)[C@]2(O)C[C@@H]3C=CC=C[C@@]3(CCO)[C@@]1(O)[C@H]2O. The second-order valence-corrected chi connectivity index (χ2v) is 10.6. The first-order valence-electron chi connectivity index (χ1n) is 13.5. The number of aryl methyl sites for hydroxylation is 1. The highest BCUT2D eigenvalue weighted by Crippen LogP contribution is 2.61. The van der Waals surface area contributed by atoms with E-state index in [1.165, 1.54) is 13.4 Å². The summed E-state index contributed by atoms with van der Waals surface area (Å²) >= 11 is 0. The minimum absolute atomic E-state index is 0.0260. The molecule has 1 saturated heterocycles. The van der Waals surface area contributed by atoms with Crippen LogP contribution in [0.3, 0.4) is 0 Å². The zero-order valence-electron chi connectivity index (χ0n) is 22.5. The quantitative estimate of drug-likeness (QED) is 0.266. The molecule has 218 valence electrons. The van der Waals surface area contributed by atoms with Crippen LogP contribution in [0.25, 0.3) is 11.0 Å². The van der Waals surface area contributed by atoms with Crippen molar-refractivity contribution in [3.63, 3.8) is 0 Å². The highest BCUT2D eigenvalue weighted by atomic mass is 16.7. The van der Waals surface area contributed by atoms with E-state index in [4.69, 9.17) is 23.4 Å². The number of aliphatic hydroxyl groups excluding tert-OH is 3. The van der Waals surface area contributed by atoms with Crippen molar-refractivity contribution in [3.8, 4) is 11.5 Å². The maximum Gasteiger partial charge on any atom is 0.306 e. The molecule has 5 N–H and O–H groups in total. The molecule has 0 radical (unpaired) electrons. The minimum atomic E-state index is -2.29. The summed E-state index contributed by atoms with van der Waals surface area (Å²) in [5, 5.41) is 56.7. The summed E-state index contributed by atoms with van der Waals surface area (Å²) in [5.41, 5.74) is -4.72. The lowest BCUT2D eigenvalue weighted by Crippen LogP contribution is -2.82. The van der Waals surface area contributed by atoms with Crippen LogP contribution in [0.2, 0.25) is 0 Å². The number of hydrogen-bond acceptors (Lipinski definition) is 11. The number of allylic oxidation sites excluding steroid dienone is 3.